The monoisotopic (exact) mass is 789 g/mol. The summed E-state index contributed by atoms with van der Waals surface area (Å²) in [6.45, 7) is 10.3. The Balaban J connectivity index is 1.78. The number of nitrogens with two attached hydrogens (primary N) is 1. The molecule has 0 aromatic carbocycles. The Bertz CT molecular complexity index is 1370. The van der Waals surface area contributed by atoms with Crippen LogP contribution in [0, 0.1) is 5.41 Å². The number of halogens is 2. The molecule has 2 aromatic rings. The normalized spacial score (nSPS) is 24.0. The number of carbonyl (C=O) groups is 2. The molecule has 0 saturated carbocycles. The summed E-state index contributed by atoms with van der Waals surface area (Å²) in [5.41, 5.74) is 1.25. The zero-order valence-corrected chi connectivity index (χ0v) is 29.8. The number of nitrogen functional groups attached to an aromatic ring is 1. The van der Waals surface area contributed by atoms with Gasteiger partial charge < -0.3 is 15.6 Å². The van der Waals surface area contributed by atoms with Crippen LogP contribution in [0.15, 0.2) is 23.5 Å². The van der Waals surface area contributed by atoms with E-state index in [2.05, 4.69) is 21.8 Å². The molecule has 1 aliphatic rings. The maximum atomic E-state index is 16.6. The summed E-state index contributed by atoms with van der Waals surface area (Å²) in [6, 6.07) is 2.93. The lowest BCUT2D eigenvalue weighted by Crippen LogP contribution is -2.52. The van der Waals surface area contributed by atoms with Crippen LogP contribution in [0.5, 0.6) is 0 Å². The number of carbonyl (C=O) groups excluding carboxylic acids is 2. The van der Waals surface area contributed by atoms with Crippen molar-refractivity contribution in [3.63, 3.8) is 0 Å². The first-order valence-electron chi connectivity index (χ1n) is 13.5. The average molecular weight is 790 g/mol. The minimum absolute atomic E-state index is 0.0452. The molecule has 3 heterocycles. The number of hydrogen-bond acceptors (Lipinski definition) is 14. The van der Waals surface area contributed by atoms with Crippen molar-refractivity contribution in [3.8, 4) is 0 Å². The summed E-state index contributed by atoms with van der Waals surface area (Å²) >= 11 is 4.02. The molecule has 0 amide bonds. The molecule has 44 heavy (non-hydrogen) atoms. The molecule has 13 nitrogen and oxygen atoms in total. The molecule has 3 rings (SSSR count). The molecule has 0 bridgehead atoms. The summed E-state index contributed by atoms with van der Waals surface area (Å²) in [5.74, 6) is 0.420. The summed E-state index contributed by atoms with van der Waals surface area (Å²) in [6.07, 6.45) is -0.730. The maximum absolute atomic E-state index is 16.6. The summed E-state index contributed by atoms with van der Waals surface area (Å²) in [5, 5.41) is 15.3. The third kappa shape index (κ3) is 8.79. The Labute approximate surface area is 277 Å². The second-order valence-electron chi connectivity index (χ2n) is 11.5. The highest BCUT2D eigenvalue weighted by atomic mass is 127. The SMILES string of the molecule is C=NC[C@]1(COP(=O)(OCCSC(=O)C(C)(C)C)OCCSC(=O)C(C)(C)I)OC[C@@](F)(c2ccc3c(N)ncnn23)[C@@H]1O. The minimum Gasteiger partial charge on any atom is -0.386 e. The number of phosphoric acid groups is 1. The van der Waals surface area contributed by atoms with Crippen molar-refractivity contribution in [3.05, 3.63) is 24.2 Å². The van der Waals surface area contributed by atoms with Gasteiger partial charge in [-0.15, -0.1) is 0 Å². The first-order chi connectivity index (χ1) is 20.4. The van der Waals surface area contributed by atoms with E-state index in [0.29, 0.717) is 5.52 Å². The van der Waals surface area contributed by atoms with Gasteiger partial charge in [-0.25, -0.2) is 18.5 Å². The Morgan fingerprint density at radius 3 is 2.41 bits per heavy atom. The van der Waals surface area contributed by atoms with E-state index in [1.807, 2.05) is 22.6 Å². The highest BCUT2D eigenvalue weighted by molar-refractivity contribution is 14.1. The predicted octanol–water partition coefficient (Wildman–Crippen LogP) is 4.24. The summed E-state index contributed by atoms with van der Waals surface area (Å²) in [7, 11) is -4.38. The van der Waals surface area contributed by atoms with E-state index >= 15 is 4.39 Å². The van der Waals surface area contributed by atoms with Gasteiger partial charge in [0, 0.05) is 16.9 Å². The van der Waals surface area contributed by atoms with Crippen molar-refractivity contribution < 1.29 is 42.0 Å². The standard InChI is InChI=1S/C26H38FIN5O8PS2/c1-23(2,3)21(35)43-11-9-39-42(37,40-10-12-44-22(36)24(4,5)28)41-14-25(13-30-6)20(34)26(27,15-38-25)18-8-7-17-19(29)31-16-32-33(17)18/h7-8,16,20,34H,6,9-15H2,1-5H3,(H2,29,31,32)/t20-,25-,26-,42?/m1/s1. The van der Waals surface area contributed by atoms with Gasteiger partial charge in [-0.1, -0.05) is 66.9 Å². The number of hydrogen-bond donors (Lipinski definition) is 2. The van der Waals surface area contributed by atoms with Crippen molar-refractivity contribution in [1.82, 2.24) is 14.6 Å². The fourth-order valence-electron chi connectivity index (χ4n) is 4.05. The number of alkyl halides is 2. The number of aliphatic hydroxyl groups excluding tert-OH is 1. The molecule has 1 aliphatic heterocycles. The molecular weight excluding hydrogens is 751 g/mol. The van der Waals surface area contributed by atoms with Crippen LogP contribution in [0.25, 0.3) is 5.52 Å². The van der Waals surface area contributed by atoms with E-state index in [1.165, 1.54) is 16.6 Å². The van der Waals surface area contributed by atoms with Crippen molar-refractivity contribution in [1.29, 1.82) is 0 Å². The van der Waals surface area contributed by atoms with Gasteiger partial charge in [-0.05, 0) is 32.7 Å². The van der Waals surface area contributed by atoms with Crippen LogP contribution >= 0.6 is 53.9 Å². The lowest BCUT2D eigenvalue weighted by molar-refractivity contribution is -0.117. The van der Waals surface area contributed by atoms with Crippen LogP contribution < -0.4 is 5.73 Å². The predicted molar refractivity (Wildman–Crippen MR) is 177 cm³/mol. The molecule has 4 atom stereocenters. The molecule has 0 spiro atoms. The van der Waals surface area contributed by atoms with E-state index in [9.17, 15) is 19.3 Å². The largest absolute Gasteiger partial charge is 0.474 e. The van der Waals surface area contributed by atoms with Crippen LogP contribution in [-0.2, 0) is 38.1 Å². The molecule has 0 aliphatic carbocycles. The zero-order chi connectivity index (χ0) is 33.0. The molecular formula is C26H38FIN5O8PS2. The van der Waals surface area contributed by atoms with Crippen molar-refractivity contribution in [2.45, 2.75) is 55.4 Å². The number of thioether (sulfide) groups is 2. The minimum atomic E-state index is -4.38. The van der Waals surface area contributed by atoms with Crippen molar-refractivity contribution >= 4 is 82.2 Å². The van der Waals surface area contributed by atoms with Gasteiger partial charge >= 0.3 is 7.82 Å². The van der Waals surface area contributed by atoms with Gasteiger partial charge in [0.2, 0.25) is 10.8 Å². The fourth-order valence-corrected chi connectivity index (χ4v) is 7.47. The van der Waals surface area contributed by atoms with E-state index in [4.69, 9.17) is 24.0 Å². The van der Waals surface area contributed by atoms with Crippen molar-refractivity contribution in [2.24, 2.45) is 10.4 Å². The zero-order valence-electron chi connectivity index (χ0n) is 25.2. The quantitative estimate of drug-likeness (QED) is 0.0862. The summed E-state index contributed by atoms with van der Waals surface area (Å²) < 4.78 is 53.4. The van der Waals surface area contributed by atoms with Gasteiger partial charge in [0.05, 0.1) is 42.1 Å². The van der Waals surface area contributed by atoms with E-state index in [1.54, 1.807) is 34.6 Å². The Hall–Kier alpha value is -1.18. The molecule has 1 fully saturated rings. The molecule has 18 heteroatoms. The number of aliphatic hydroxyl groups is 1. The number of rotatable bonds is 15. The van der Waals surface area contributed by atoms with E-state index in [0.717, 1.165) is 29.9 Å². The first-order valence-corrected chi connectivity index (χ1v) is 18.0. The highest BCUT2D eigenvalue weighted by Gasteiger charge is 2.62. The third-order valence-corrected chi connectivity index (χ3v) is 11.2. The number of nitrogens with zero attached hydrogens (tertiary/aromatic N) is 4. The van der Waals surface area contributed by atoms with E-state index in [-0.39, 0.29) is 53.0 Å². The van der Waals surface area contributed by atoms with Crippen LogP contribution in [0.1, 0.15) is 40.3 Å². The lowest BCUT2D eigenvalue weighted by atomic mass is 9.87. The van der Waals surface area contributed by atoms with Gasteiger partial charge in [-0.2, -0.15) is 5.10 Å². The lowest BCUT2D eigenvalue weighted by Gasteiger charge is -2.33. The molecule has 3 N–H and O–H groups in total. The van der Waals surface area contributed by atoms with Gasteiger partial charge in [0.15, 0.2) is 10.9 Å². The van der Waals surface area contributed by atoms with Crippen molar-refractivity contribution in [2.75, 3.05) is 50.2 Å². The molecule has 0 radical (unpaired) electrons. The van der Waals surface area contributed by atoms with Gasteiger partial charge in [0.25, 0.3) is 0 Å². The van der Waals surface area contributed by atoms with Gasteiger partial charge in [0.1, 0.15) is 23.5 Å². The second kappa shape index (κ2) is 14.7. The third-order valence-electron chi connectivity index (χ3n) is 6.49. The number of anilines is 1. The van der Waals surface area contributed by atoms with Gasteiger partial charge in [-0.3, -0.25) is 28.2 Å². The van der Waals surface area contributed by atoms with E-state index < -0.39 is 47.2 Å². The molecule has 246 valence electrons. The van der Waals surface area contributed by atoms with Crippen LogP contribution in [-0.4, -0.2) is 96.3 Å². The van der Waals surface area contributed by atoms with Crippen LogP contribution in [0.2, 0.25) is 0 Å². The molecule has 1 unspecified atom stereocenters. The number of aliphatic imine (C=N–C) groups is 1. The smallest absolute Gasteiger partial charge is 0.386 e. The van der Waals surface area contributed by atoms with Crippen LogP contribution in [0.4, 0.5) is 10.2 Å². The first kappa shape index (κ1) is 37.3. The average Bonchev–Trinajstić information content (AvgIpc) is 3.49. The number of fused-ring (bicyclic) bond motifs is 1. The maximum Gasteiger partial charge on any atom is 0.474 e. The Morgan fingerprint density at radius 1 is 1.23 bits per heavy atom. The molecule has 1 saturated heterocycles. The number of aromatic nitrogens is 3. The van der Waals surface area contributed by atoms with Crippen LogP contribution in [0.3, 0.4) is 0 Å². The second-order valence-corrected chi connectivity index (χ2v) is 18.0. The fraction of sp³-hybridized carbons (Fsp3) is 0.654. The Kier molecular flexibility index (Phi) is 12.5. The topological polar surface area (TPSA) is 177 Å². The highest BCUT2D eigenvalue weighted by Crippen LogP contribution is 2.52. The number of ether oxygens (including phenoxy) is 1. The molecule has 2 aromatic heterocycles. The number of phosphoric ester groups is 1. The summed E-state index contributed by atoms with van der Waals surface area (Å²) in [4.78, 5) is 32.3. The Morgan fingerprint density at radius 2 is 1.84 bits per heavy atom.